The molecule has 3 N–H and O–H groups in total. The number of nitrogens with one attached hydrogen (secondary N) is 1. The van der Waals surface area contributed by atoms with Crippen LogP contribution in [0, 0.1) is 0 Å². The van der Waals surface area contributed by atoms with Crippen LogP contribution >= 0.6 is 0 Å². The highest BCUT2D eigenvalue weighted by molar-refractivity contribution is 5.90. The van der Waals surface area contributed by atoms with Gasteiger partial charge in [-0.3, -0.25) is 4.79 Å². The van der Waals surface area contributed by atoms with Gasteiger partial charge in [0.2, 0.25) is 5.91 Å². The molecule has 98 valence electrons. The third-order valence-corrected chi connectivity index (χ3v) is 2.47. The Labute approximate surface area is 106 Å². The van der Waals surface area contributed by atoms with Gasteiger partial charge in [0.05, 0.1) is 12.2 Å². The first-order valence-corrected chi connectivity index (χ1v) is 5.72. The average molecular weight is 250 g/mol. The van der Waals surface area contributed by atoms with Crippen LogP contribution in [0.5, 0.6) is 0 Å². The van der Waals surface area contributed by atoms with Crippen LogP contribution in [0.4, 0.5) is 5.69 Å². The van der Waals surface area contributed by atoms with E-state index in [0.717, 1.165) is 0 Å². The van der Waals surface area contributed by atoms with Crippen molar-refractivity contribution in [3.05, 3.63) is 29.8 Å². The summed E-state index contributed by atoms with van der Waals surface area (Å²) < 4.78 is 4.87. The van der Waals surface area contributed by atoms with Crippen molar-refractivity contribution in [1.82, 2.24) is 0 Å². The van der Waals surface area contributed by atoms with Crippen LogP contribution in [0.15, 0.2) is 24.3 Å². The summed E-state index contributed by atoms with van der Waals surface area (Å²) in [7, 11) is 0. The fraction of sp³-hybridized carbons (Fsp3) is 0.385. The van der Waals surface area contributed by atoms with Gasteiger partial charge >= 0.3 is 5.97 Å². The number of primary amides is 1. The molecular formula is C13H18N2O3. The number of ether oxygens (including phenoxy) is 1. The van der Waals surface area contributed by atoms with E-state index in [1.165, 1.54) is 0 Å². The van der Waals surface area contributed by atoms with Gasteiger partial charge in [-0.05, 0) is 45.0 Å². The Bertz CT molecular complexity index is 438. The zero-order chi connectivity index (χ0) is 13.8. The largest absolute Gasteiger partial charge is 0.462 e. The van der Waals surface area contributed by atoms with Gasteiger partial charge in [0.25, 0.3) is 0 Å². The maximum absolute atomic E-state index is 11.4. The van der Waals surface area contributed by atoms with E-state index in [1.54, 1.807) is 45.0 Å². The number of carbonyl (C=O) groups is 2. The van der Waals surface area contributed by atoms with Crippen LogP contribution < -0.4 is 11.1 Å². The average Bonchev–Trinajstić information content (AvgIpc) is 2.29. The second-order valence-corrected chi connectivity index (χ2v) is 4.41. The number of esters is 1. The third-order valence-electron chi connectivity index (χ3n) is 2.47. The molecule has 1 aromatic carbocycles. The molecule has 5 nitrogen and oxygen atoms in total. The van der Waals surface area contributed by atoms with Crippen LogP contribution in [0.3, 0.4) is 0 Å². The summed E-state index contributed by atoms with van der Waals surface area (Å²) in [5.74, 6) is -0.810. The number of carbonyl (C=O) groups excluding carboxylic acids is 2. The monoisotopic (exact) mass is 250 g/mol. The summed E-state index contributed by atoms with van der Waals surface area (Å²) in [5, 5.41) is 2.99. The van der Waals surface area contributed by atoms with Gasteiger partial charge in [0, 0.05) is 5.69 Å². The van der Waals surface area contributed by atoms with E-state index in [-0.39, 0.29) is 5.97 Å². The van der Waals surface area contributed by atoms with Gasteiger partial charge < -0.3 is 15.8 Å². The van der Waals surface area contributed by atoms with Gasteiger partial charge in [-0.2, -0.15) is 0 Å². The summed E-state index contributed by atoms with van der Waals surface area (Å²) in [6, 6.07) is 6.68. The molecule has 0 unspecified atom stereocenters. The predicted octanol–water partition coefficient (Wildman–Crippen LogP) is 1.54. The van der Waals surface area contributed by atoms with E-state index in [4.69, 9.17) is 10.5 Å². The minimum atomic E-state index is -0.842. The Morgan fingerprint density at radius 2 is 1.83 bits per heavy atom. The Morgan fingerprint density at radius 1 is 1.28 bits per heavy atom. The molecule has 1 rings (SSSR count). The van der Waals surface area contributed by atoms with Crippen molar-refractivity contribution >= 4 is 17.6 Å². The first-order valence-electron chi connectivity index (χ1n) is 5.72. The highest BCUT2D eigenvalue weighted by Crippen LogP contribution is 2.16. The van der Waals surface area contributed by atoms with E-state index in [9.17, 15) is 9.59 Å². The quantitative estimate of drug-likeness (QED) is 0.777. The highest BCUT2D eigenvalue weighted by Gasteiger charge is 2.24. The first kappa shape index (κ1) is 14.0. The highest BCUT2D eigenvalue weighted by atomic mass is 16.5. The lowest BCUT2D eigenvalue weighted by atomic mass is 10.0. The molecule has 0 saturated carbocycles. The summed E-state index contributed by atoms with van der Waals surface area (Å²) in [5.41, 5.74) is 5.60. The molecule has 0 heterocycles. The smallest absolute Gasteiger partial charge is 0.338 e. The molecule has 0 aliphatic carbocycles. The lowest BCUT2D eigenvalue weighted by Gasteiger charge is -2.23. The summed E-state index contributed by atoms with van der Waals surface area (Å²) in [6.07, 6.45) is 0. The van der Waals surface area contributed by atoms with Crippen molar-refractivity contribution in [3.8, 4) is 0 Å². The molecular weight excluding hydrogens is 232 g/mol. The third kappa shape index (κ3) is 3.48. The van der Waals surface area contributed by atoms with E-state index in [2.05, 4.69) is 5.32 Å². The van der Waals surface area contributed by atoms with Gasteiger partial charge in [-0.25, -0.2) is 4.79 Å². The van der Waals surface area contributed by atoms with Crippen molar-refractivity contribution in [2.75, 3.05) is 11.9 Å². The number of rotatable bonds is 5. The van der Waals surface area contributed by atoms with Gasteiger partial charge in [-0.1, -0.05) is 0 Å². The SMILES string of the molecule is CCOC(=O)c1ccc(NC(C)(C)C(N)=O)cc1. The van der Waals surface area contributed by atoms with Gasteiger partial charge in [-0.15, -0.1) is 0 Å². The second-order valence-electron chi connectivity index (χ2n) is 4.41. The zero-order valence-corrected chi connectivity index (χ0v) is 10.8. The first-order chi connectivity index (χ1) is 8.36. The molecule has 5 heteroatoms. The van der Waals surface area contributed by atoms with Gasteiger partial charge in [0.15, 0.2) is 0 Å². The van der Waals surface area contributed by atoms with Crippen LogP contribution in [0.2, 0.25) is 0 Å². The van der Waals surface area contributed by atoms with Crippen LogP contribution in [-0.2, 0) is 9.53 Å². The Morgan fingerprint density at radius 3 is 2.28 bits per heavy atom. The normalized spacial score (nSPS) is 10.8. The number of amides is 1. The molecule has 0 aliphatic heterocycles. The minimum absolute atomic E-state index is 0.341. The predicted molar refractivity (Wildman–Crippen MR) is 69.3 cm³/mol. The number of anilines is 1. The van der Waals surface area contributed by atoms with Crippen LogP contribution in [-0.4, -0.2) is 24.0 Å². The number of hydrogen-bond donors (Lipinski definition) is 2. The molecule has 0 radical (unpaired) electrons. The molecule has 0 aliphatic rings. The molecule has 18 heavy (non-hydrogen) atoms. The van der Waals surface area contributed by atoms with Crippen molar-refractivity contribution in [3.63, 3.8) is 0 Å². The maximum atomic E-state index is 11.4. The zero-order valence-electron chi connectivity index (χ0n) is 10.8. The van der Waals surface area contributed by atoms with Crippen LogP contribution in [0.1, 0.15) is 31.1 Å². The Balaban J connectivity index is 2.78. The standard InChI is InChI=1S/C13H18N2O3/c1-4-18-11(16)9-5-7-10(8-6-9)15-13(2,3)12(14)17/h5-8,15H,4H2,1-3H3,(H2,14,17). The van der Waals surface area contributed by atoms with Crippen molar-refractivity contribution in [1.29, 1.82) is 0 Å². The molecule has 1 amide bonds. The Hall–Kier alpha value is -2.04. The van der Waals surface area contributed by atoms with Crippen LogP contribution in [0.25, 0.3) is 0 Å². The molecule has 0 spiro atoms. The molecule has 0 fully saturated rings. The van der Waals surface area contributed by atoms with E-state index in [1.807, 2.05) is 0 Å². The number of hydrogen-bond acceptors (Lipinski definition) is 4. The second kappa shape index (κ2) is 5.53. The fourth-order valence-electron chi connectivity index (χ4n) is 1.33. The minimum Gasteiger partial charge on any atom is -0.462 e. The fourth-order valence-corrected chi connectivity index (χ4v) is 1.33. The Kier molecular flexibility index (Phi) is 4.31. The van der Waals surface area contributed by atoms with Gasteiger partial charge in [0.1, 0.15) is 5.54 Å². The van der Waals surface area contributed by atoms with Crippen molar-refractivity contribution in [2.45, 2.75) is 26.3 Å². The van der Waals surface area contributed by atoms with E-state index < -0.39 is 11.4 Å². The topological polar surface area (TPSA) is 81.4 Å². The number of nitrogens with two attached hydrogens (primary N) is 1. The maximum Gasteiger partial charge on any atom is 0.338 e. The summed E-state index contributed by atoms with van der Waals surface area (Å²) in [6.45, 7) is 5.47. The lowest BCUT2D eigenvalue weighted by molar-refractivity contribution is -0.121. The lowest BCUT2D eigenvalue weighted by Crippen LogP contribution is -2.45. The molecule has 0 atom stereocenters. The number of benzene rings is 1. The summed E-state index contributed by atoms with van der Waals surface area (Å²) in [4.78, 5) is 22.6. The van der Waals surface area contributed by atoms with Crippen molar-refractivity contribution < 1.29 is 14.3 Å². The molecule has 0 saturated heterocycles. The summed E-state index contributed by atoms with van der Waals surface area (Å²) >= 11 is 0. The van der Waals surface area contributed by atoms with E-state index in [0.29, 0.717) is 17.9 Å². The van der Waals surface area contributed by atoms with Crippen molar-refractivity contribution in [2.24, 2.45) is 5.73 Å². The molecule has 0 bridgehead atoms. The van der Waals surface area contributed by atoms with E-state index >= 15 is 0 Å². The molecule has 1 aromatic rings. The molecule has 0 aromatic heterocycles.